The Balaban J connectivity index is 2.35. The van der Waals surface area contributed by atoms with Crippen LogP contribution in [0.3, 0.4) is 0 Å². The van der Waals surface area contributed by atoms with Gasteiger partial charge in [0.2, 0.25) is 0 Å². The fourth-order valence-electron chi connectivity index (χ4n) is 1.23. The van der Waals surface area contributed by atoms with Gasteiger partial charge in [-0.15, -0.1) is 0 Å². The molecule has 1 saturated heterocycles. The van der Waals surface area contributed by atoms with E-state index < -0.39 is 12.1 Å². The molecule has 2 N–H and O–H groups in total. The molecule has 0 aromatic rings. The Kier molecular flexibility index (Phi) is 3.20. The van der Waals surface area contributed by atoms with Crippen molar-refractivity contribution in [2.75, 3.05) is 11.5 Å². The maximum atomic E-state index is 10.3. The Morgan fingerprint density at radius 1 is 1.64 bits per heavy atom. The predicted octanol–water partition coefficient (Wildman–Crippen LogP) is 0.575. The van der Waals surface area contributed by atoms with Gasteiger partial charge in [-0.1, -0.05) is 0 Å². The van der Waals surface area contributed by atoms with Crippen molar-refractivity contribution in [1.82, 2.24) is 0 Å². The van der Waals surface area contributed by atoms with E-state index in [2.05, 4.69) is 0 Å². The average molecular weight is 176 g/mol. The molecule has 0 radical (unpaired) electrons. The second-order valence-corrected chi connectivity index (χ2v) is 3.94. The molecule has 0 spiro atoms. The van der Waals surface area contributed by atoms with E-state index in [9.17, 15) is 9.90 Å². The minimum Gasteiger partial charge on any atom is -0.481 e. The van der Waals surface area contributed by atoms with Gasteiger partial charge in [-0.05, 0) is 18.1 Å². The summed E-state index contributed by atoms with van der Waals surface area (Å²) in [4.78, 5) is 10.3. The molecule has 1 rings (SSSR count). The number of carboxylic acids is 1. The lowest BCUT2D eigenvalue weighted by Crippen LogP contribution is -2.29. The minimum absolute atomic E-state index is 0.0197. The number of rotatable bonds is 2. The topological polar surface area (TPSA) is 57.5 Å². The summed E-state index contributed by atoms with van der Waals surface area (Å²) in [5, 5.41) is 17.8. The van der Waals surface area contributed by atoms with Crippen LogP contribution in [0.2, 0.25) is 0 Å². The van der Waals surface area contributed by atoms with Gasteiger partial charge < -0.3 is 10.2 Å². The minimum atomic E-state index is -0.805. The lowest BCUT2D eigenvalue weighted by atomic mass is 9.96. The van der Waals surface area contributed by atoms with Crippen LogP contribution in [0.4, 0.5) is 0 Å². The highest BCUT2D eigenvalue weighted by atomic mass is 32.2. The van der Waals surface area contributed by atoms with E-state index in [0.717, 1.165) is 12.2 Å². The van der Waals surface area contributed by atoms with E-state index in [1.54, 1.807) is 11.8 Å². The van der Waals surface area contributed by atoms with Crippen LogP contribution < -0.4 is 0 Å². The summed E-state index contributed by atoms with van der Waals surface area (Å²) in [7, 11) is 0. The van der Waals surface area contributed by atoms with Gasteiger partial charge in [0, 0.05) is 5.75 Å². The maximum absolute atomic E-state index is 10.3. The van der Waals surface area contributed by atoms with E-state index in [1.165, 1.54) is 0 Å². The smallest absolute Gasteiger partial charge is 0.303 e. The summed E-state index contributed by atoms with van der Waals surface area (Å²) < 4.78 is 0. The van der Waals surface area contributed by atoms with E-state index in [4.69, 9.17) is 5.11 Å². The van der Waals surface area contributed by atoms with Crippen LogP contribution in [0.15, 0.2) is 0 Å². The van der Waals surface area contributed by atoms with Gasteiger partial charge in [-0.25, -0.2) is 0 Å². The zero-order chi connectivity index (χ0) is 8.27. The normalized spacial score (nSPS) is 31.7. The third kappa shape index (κ3) is 2.71. The third-order valence-corrected chi connectivity index (χ3v) is 3.00. The number of aliphatic hydroxyl groups is 1. The summed E-state index contributed by atoms with van der Waals surface area (Å²) >= 11 is 1.69. The summed E-state index contributed by atoms with van der Waals surface area (Å²) in [6.07, 6.45) is 0.532. The zero-order valence-corrected chi connectivity index (χ0v) is 7.01. The number of thioether (sulfide) groups is 1. The summed E-state index contributed by atoms with van der Waals surface area (Å²) in [6.45, 7) is 0. The lowest BCUT2D eigenvalue weighted by Gasteiger charge is -2.25. The first kappa shape index (κ1) is 8.87. The lowest BCUT2D eigenvalue weighted by molar-refractivity contribution is -0.139. The van der Waals surface area contributed by atoms with Gasteiger partial charge in [0.25, 0.3) is 0 Å². The standard InChI is InChI=1S/C7H12O3S/c8-6-4-11-2-1-5(6)3-7(9)10/h5-6,8H,1-4H2,(H,9,10). The number of aliphatic carboxylic acids is 1. The van der Waals surface area contributed by atoms with Crippen LogP contribution in [-0.4, -0.2) is 33.8 Å². The predicted molar refractivity (Wildman–Crippen MR) is 43.7 cm³/mol. The highest BCUT2D eigenvalue weighted by Gasteiger charge is 2.25. The van der Waals surface area contributed by atoms with Crippen molar-refractivity contribution >= 4 is 17.7 Å². The molecule has 0 amide bonds. The molecule has 0 aromatic heterocycles. The molecule has 0 saturated carbocycles. The van der Waals surface area contributed by atoms with Crippen molar-refractivity contribution in [1.29, 1.82) is 0 Å². The van der Waals surface area contributed by atoms with Gasteiger partial charge in [-0.2, -0.15) is 11.8 Å². The SMILES string of the molecule is O=C(O)CC1CCSCC1O. The number of carbonyl (C=O) groups is 1. The van der Waals surface area contributed by atoms with Crippen LogP contribution in [0.1, 0.15) is 12.8 Å². The molecule has 2 unspecified atom stereocenters. The summed E-state index contributed by atoms with van der Waals surface area (Å²) in [6, 6.07) is 0. The van der Waals surface area contributed by atoms with Crippen molar-refractivity contribution in [2.24, 2.45) is 5.92 Å². The van der Waals surface area contributed by atoms with Crippen LogP contribution in [0.5, 0.6) is 0 Å². The molecular formula is C7H12O3S. The molecule has 0 aromatic carbocycles. The molecule has 3 nitrogen and oxygen atoms in total. The van der Waals surface area contributed by atoms with Gasteiger partial charge in [0.15, 0.2) is 0 Å². The molecule has 1 heterocycles. The fraction of sp³-hybridized carbons (Fsp3) is 0.857. The van der Waals surface area contributed by atoms with Crippen LogP contribution in [0.25, 0.3) is 0 Å². The Morgan fingerprint density at radius 2 is 2.36 bits per heavy atom. The number of hydrogen-bond donors (Lipinski definition) is 2. The summed E-state index contributed by atoms with van der Waals surface area (Å²) in [5.74, 6) is 0.849. The molecule has 1 fully saturated rings. The van der Waals surface area contributed by atoms with Crippen molar-refractivity contribution in [3.63, 3.8) is 0 Å². The molecule has 1 aliphatic heterocycles. The van der Waals surface area contributed by atoms with E-state index in [-0.39, 0.29) is 12.3 Å². The maximum Gasteiger partial charge on any atom is 0.303 e. The Morgan fingerprint density at radius 3 is 2.91 bits per heavy atom. The van der Waals surface area contributed by atoms with E-state index in [0.29, 0.717) is 5.75 Å². The van der Waals surface area contributed by atoms with Crippen molar-refractivity contribution in [3.8, 4) is 0 Å². The molecule has 0 bridgehead atoms. The Hall–Kier alpha value is -0.220. The van der Waals surface area contributed by atoms with Gasteiger partial charge in [-0.3, -0.25) is 4.79 Å². The number of carboxylic acid groups (broad SMARTS) is 1. The molecule has 11 heavy (non-hydrogen) atoms. The van der Waals surface area contributed by atoms with Gasteiger partial charge >= 0.3 is 5.97 Å². The molecular weight excluding hydrogens is 164 g/mol. The first-order valence-electron chi connectivity index (χ1n) is 3.67. The second-order valence-electron chi connectivity index (χ2n) is 2.79. The monoisotopic (exact) mass is 176 g/mol. The highest BCUT2D eigenvalue weighted by molar-refractivity contribution is 7.99. The van der Waals surface area contributed by atoms with Gasteiger partial charge in [0.1, 0.15) is 0 Å². The summed E-state index contributed by atoms with van der Waals surface area (Å²) in [5.41, 5.74) is 0. The van der Waals surface area contributed by atoms with Crippen LogP contribution in [0, 0.1) is 5.92 Å². The van der Waals surface area contributed by atoms with Crippen molar-refractivity contribution in [3.05, 3.63) is 0 Å². The second kappa shape index (κ2) is 3.97. The number of aliphatic hydroxyl groups excluding tert-OH is 1. The Bertz CT molecular complexity index is 149. The first-order chi connectivity index (χ1) is 5.20. The molecule has 64 valence electrons. The fourth-order valence-corrected chi connectivity index (χ4v) is 2.38. The van der Waals surface area contributed by atoms with Crippen molar-refractivity contribution in [2.45, 2.75) is 18.9 Å². The molecule has 2 atom stereocenters. The zero-order valence-electron chi connectivity index (χ0n) is 6.19. The quantitative estimate of drug-likeness (QED) is 0.646. The van der Waals surface area contributed by atoms with Crippen LogP contribution in [-0.2, 0) is 4.79 Å². The molecule has 4 heteroatoms. The Labute approximate surface area is 69.8 Å². The van der Waals surface area contributed by atoms with E-state index in [1.807, 2.05) is 0 Å². The van der Waals surface area contributed by atoms with Crippen molar-refractivity contribution < 1.29 is 15.0 Å². The largest absolute Gasteiger partial charge is 0.481 e. The third-order valence-electron chi connectivity index (χ3n) is 1.90. The molecule has 0 aliphatic carbocycles. The van der Waals surface area contributed by atoms with E-state index >= 15 is 0 Å². The highest BCUT2D eigenvalue weighted by Crippen LogP contribution is 2.25. The average Bonchev–Trinajstić information content (AvgIpc) is 1.93. The van der Waals surface area contributed by atoms with Gasteiger partial charge in [0.05, 0.1) is 12.5 Å². The first-order valence-corrected chi connectivity index (χ1v) is 4.83. The van der Waals surface area contributed by atoms with Crippen LogP contribution >= 0.6 is 11.8 Å². The number of hydrogen-bond acceptors (Lipinski definition) is 3. The molecule has 1 aliphatic rings.